The first-order valence-corrected chi connectivity index (χ1v) is 6.39. The maximum atomic E-state index is 11.8. The number of nitrogens with zero attached hydrogens (tertiary/aromatic N) is 1. The Morgan fingerprint density at radius 2 is 2.19 bits per heavy atom. The van der Waals surface area contributed by atoms with Gasteiger partial charge in [-0.1, -0.05) is 20.3 Å². The molecule has 0 aromatic rings. The normalized spacial score (nSPS) is 29.2. The predicted molar refractivity (Wildman–Crippen MR) is 62.3 cm³/mol. The molecule has 4 nitrogen and oxygen atoms in total. The van der Waals surface area contributed by atoms with Crippen molar-refractivity contribution in [3.05, 3.63) is 0 Å². The molecule has 1 amide bonds. The van der Waals surface area contributed by atoms with E-state index in [2.05, 4.69) is 19.2 Å². The standard InChI is InChI=1S/C12H22N2O2/c1-3-9(2)11-8-16-12(15)14(11)10-4-6-13-7-5-10/h9-11,13H,3-8H2,1-2H3/t9-,11+/m0/s1. The van der Waals surface area contributed by atoms with Crippen LogP contribution in [0.2, 0.25) is 0 Å². The van der Waals surface area contributed by atoms with Gasteiger partial charge in [-0.25, -0.2) is 4.79 Å². The number of carbonyl (C=O) groups excluding carboxylic acids is 1. The van der Waals surface area contributed by atoms with E-state index in [1.807, 2.05) is 4.90 Å². The van der Waals surface area contributed by atoms with Gasteiger partial charge in [0.1, 0.15) is 6.61 Å². The summed E-state index contributed by atoms with van der Waals surface area (Å²) in [5.41, 5.74) is 0. The van der Waals surface area contributed by atoms with E-state index in [1.54, 1.807) is 0 Å². The summed E-state index contributed by atoms with van der Waals surface area (Å²) in [6.45, 7) is 7.00. The molecule has 2 rings (SSSR count). The van der Waals surface area contributed by atoms with E-state index in [9.17, 15) is 4.79 Å². The highest BCUT2D eigenvalue weighted by atomic mass is 16.6. The number of ether oxygens (including phenoxy) is 1. The Kier molecular flexibility index (Phi) is 3.69. The molecule has 2 atom stereocenters. The molecule has 2 aliphatic rings. The fourth-order valence-electron chi connectivity index (χ4n) is 2.66. The van der Waals surface area contributed by atoms with Crippen LogP contribution < -0.4 is 5.32 Å². The number of amides is 1. The van der Waals surface area contributed by atoms with Crippen molar-refractivity contribution in [1.82, 2.24) is 10.2 Å². The number of hydrogen-bond acceptors (Lipinski definition) is 3. The van der Waals surface area contributed by atoms with Crippen LogP contribution in [0.15, 0.2) is 0 Å². The zero-order valence-electron chi connectivity index (χ0n) is 10.2. The third kappa shape index (κ3) is 2.17. The van der Waals surface area contributed by atoms with Crippen LogP contribution in [-0.2, 0) is 4.74 Å². The molecule has 2 saturated heterocycles. The third-order valence-electron chi connectivity index (χ3n) is 3.95. The Hall–Kier alpha value is -0.770. The SMILES string of the molecule is CC[C@H](C)[C@H]1COC(=O)N1C1CCNCC1. The molecule has 2 fully saturated rings. The largest absolute Gasteiger partial charge is 0.447 e. The highest BCUT2D eigenvalue weighted by Gasteiger charge is 2.40. The maximum Gasteiger partial charge on any atom is 0.410 e. The topological polar surface area (TPSA) is 41.6 Å². The van der Waals surface area contributed by atoms with Crippen molar-refractivity contribution in [2.45, 2.75) is 45.2 Å². The van der Waals surface area contributed by atoms with Gasteiger partial charge in [0, 0.05) is 6.04 Å². The molecular weight excluding hydrogens is 204 g/mol. The van der Waals surface area contributed by atoms with Gasteiger partial charge in [-0.05, 0) is 31.8 Å². The molecular formula is C12H22N2O2. The molecule has 0 spiro atoms. The smallest absolute Gasteiger partial charge is 0.410 e. The van der Waals surface area contributed by atoms with Crippen LogP contribution in [0, 0.1) is 5.92 Å². The third-order valence-corrected chi connectivity index (χ3v) is 3.95. The molecule has 4 heteroatoms. The lowest BCUT2D eigenvalue weighted by Crippen LogP contribution is -2.49. The molecule has 0 unspecified atom stereocenters. The first-order chi connectivity index (χ1) is 7.74. The van der Waals surface area contributed by atoms with Gasteiger partial charge < -0.3 is 10.1 Å². The van der Waals surface area contributed by atoms with Crippen molar-refractivity contribution in [2.75, 3.05) is 19.7 Å². The van der Waals surface area contributed by atoms with Crippen LogP contribution in [0.25, 0.3) is 0 Å². The van der Waals surface area contributed by atoms with Crippen LogP contribution in [0.3, 0.4) is 0 Å². The summed E-state index contributed by atoms with van der Waals surface area (Å²) < 4.78 is 5.22. The highest BCUT2D eigenvalue weighted by Crippen LogP contribution is 2.27. The molecule has 16 heavy (non-hydrogen) atoms. The summed E-state index contributed by atoms with van der Waals surface area (Å²) in [6.07, 6.45) is 3.12. The van der Waals surface area contributed by atoms with Crippen molar-refractivity contribution >= 4 is 6.09 Å². The van der Waals surface area contributed by atoms with Crippen molar-refractivity contribution in [3.8, 4) is 0 Å². The minimum atomic E-state index is -0.0998. The van der Waals surface area contributed by atoms with Gasteiger partial charge in [-0.3, -0.25) is 4.90 Å². The lowest BCUT2D eigenvalue weighted by molar-refractivity contribution is 0.125. The minimum absolute atomic E-state index is 0.0998. The molecule has 0 aromatic carbocycles. The predicted octanol–water partition coefficient (Wildman–Crippen LogP) is 1.61. The number of piperidine rings is 1. The fourth-order valence-corrected chi connectivity index (χ4v) is 2.66. The van der Waals surface area contributed by atoms with E-state index in [4.69, 9.17) is 4.74 Å². The van der Waals surface area contributed by atoms with Crippen molar-refractivity contribution in [3.63, 3.8) is 0 Å². The lowest BCUT2D eigenvalue weighted by Gasteiger charge is -2.35. The number of carbonyl (C=O) groups is 1. The van der Waals surface area contributed by atoms with E-state index in [-0.39, 0.29) is 6.09 Å². The van der Waals surface area contributed by atoms with Gasteiger partial charge in [0.05, 0.1) is 6.04 Å². The average Bonchev–Trinajstić information content (AvgIpc) is 2.71. The molecule has 1 N–H and O–H groups in total. The van der Waals surface area contributed by atoms with Gasteiger partial charge in [-0.15, -0.1) is 0 Å². The van der Waals surface area contributed by atoms with Crippen LogP contribution in [0.4, 0.5) is 4.79 Å². The Morgan fingerprint density at radius 1 is 1.50 bits per heavy atom. The minimum Gasteiger partial charge on any atom is -0.447 e. The zero-order chi connectivity index (χ0) is 11.5. The van der Waals surface area contributed by atoms with Crippen LogP contribution in [0.5, 0.6) is 0 Å². The van der Waals surface area contributed by atoms with Gasteiger partial charge in [0.25, 0.3) is 0 Å². The van der Waals surface area contributed by atoms with E-state index in [0.717, 1.165) is 32.4 Å². The number of cyclic esters (lactones) is 1. The second kappa shape index (κ2) is 5.04. The van der Waals surface area contributed by atoms with Crippen LogP contribution >= 0.6 is 0 Å². The molecule has 0 radical (unpaired) electrons. The fraction of sp³-hybridized carbons (Fsp3) is 0.917. The maximum absolute atomic E-state index is 11.8. The first-order valence-electron chi connectivity index (χ1n) is 6.39. The summed E-state index contributed by atoms with van der Waals surface area (Å²) in [7, 11) is 0. The second-order valence-corrected chi connectivity index (χ2v) is 4.92. The highest BCUT2D eigenvalue weighted by molar-refractivity contribution is 5.70. The molecule has 0 aliphatic carbocycles. The summed E-state index contributed by atoms with van der Waals surface area (Å²) in [5, 5.41) is 3.33. The quantitative estimate of drug-likeness (QED) is 0.795. The Balaban J connectivity index is 2.05. The molecule has 92 valence electrons. The Bertz CT molecular complexity index is 251. The van der Waals surface area contributed by atoms with Crippen LogP contribution in [0.1, 0.15) is 33.1 Å². The molecule has 2 aliphatic heterocycles. The molecule has 0 aromatic heterocycles. The monoisotopic (exact) mass is 226 g/mol. The molecule has 0 bridgehead atoms. The first kappa shape index (κ1) is 11.7. The van der Waals surface area contributed by atoms with Gasteiger partial charge in [0.15, 0.2) is 0 Å². The van der Waals surface area contributed by atoms with Gasteiger partial charge in [-0.2, -0.15) is 0 Å². The van der Waals surface area contributed by atoms with Crippen molar-refractivity contribution in [1.29, 1.82) is 0 Å². The summed E-state index contributed by atoms with van der Waals surface area (Å²) in [5.74, 6) is 0.529. The summed E-state index contributed by atoms with van der Waals surface area (Å²) >= 11 is 0. The number of hydrogen-bond donors (Lipinski definition) is 1. The number of nitrogens with one attached hydrogen (secondary N) is 1. The zero-order valence-corrected chi connectivity index (χ0v) is 10.2. The van der Waals surface area contributed by atoms with Crippen molar-refractivity contribution in [2.24, 2.45) is 5.92 Å². The van der Waals surface area contributed by atoms with E-state index < -0.39 is 0 Å². The van der Waals surface area contributed by atoms with Crippen molar-refractivity contribution < 1.29 is 9.53 Å². The average molecular weight is 226 g/mol. The lowest BCUT2D eigenvalue weighted by atomic mass is 9.95. The van der Waals surface area contributed by atoms with E-state index in [0.29, 0.717) is 24.6 Å². The number of rotatable bonds is 3. The second-order valence-electron chi connectivity index (χ2n) is 4.92. The Labute approximate surface area is 97.3 Å². The van der Waals surface area contributed by atoms with Gasteiger partial charge in [0.2, 0.25) is 0 Å². The van der Waals surface area contributed by atoms with E-state index in [1.165, 1.54) is 0 Å². The van der Waals surface area contributed by atoms with Gasteiger partial charge >= 0.3 is 6.09 Å². The molecule has 2 heterocycles. The summed E-state index contributed by atoms with van der Waals surface area (Å²) in [6, 6.07) is 0.677. The van der Waals surface area contributed by atoms with E-state index >= 15 is 0 Å². The van der Waals surface area contributed by atoms with Crippen LogP contribution in [-0.4, -0.2) is 42.8 Å². The Morgan fingerprint density at radius 3 is 2.81 bits per heavy atom. The summed E-state index contributed by atoms with van der Waals surface area (Å²) in [4.78, 5) is 13.8. The molecule has 0 saturated carbocycles.